The highest BCUT2D eigenvalue weighted by Gasteiger charge is 2.03. The van der Waals surface area contributed by atoms with Crippen molar-refractivity contribution in [3.05, 3.63) is 56.7 Å². The third kappa shape index (κ3) is 3.18. The van der Waals surface area contributed by atoms with Gasteiger partial charge in [0.15, 0.2) is 0 Å². The minimum Gasteiger partial charge on any atom is -0.267 e. The summed E-state index contributed by atoms with van der Waals surface area (Å²) in [6.45, 7) is 2.00. The predicted octanol–water partition coefficient (Wildman–Crippen LogP) is 3.47. The van der Waals surface area contributed by atoms with Crippen LogP contribution in [-0.2, 0) is 0 Å². The Labute approximate surface area is 114 Å². The van der Waals surface area contributed by atoms with Crippen LogP contribution in [0.2, 0.25) is 5.02 Å². The fraction of sp³-hybridized carbons (Fsp3) is 0.0769. The van der Waals surface area contributed by atoms with Gasteiger partial charge in [0.2, 0.25) is 0 Å². The number of carbonyl (C=O) groups excluding carboxylic acids is 1. The van der Waals surface area contributed by atoms with Gasteiger partial charge in [-0.2, -0.15) is 5.10 Å². The molecule has 92 valence electrons. The summed E-state index contributed by atoms with van der Waals surface area (Å²) in [5, 5.41) is 6.51. The number of aryl methyl sites for hydroxylation is 1. The molecule has 18 heavy (non-hydrogen) atoms. The second kappa shape index (κ2) is 5.80. The normalized spacial score (nSPS) is 10.8. The van der Waals surface area contributed by atoms with E-state index in [0.29, 0.717) is 10.6 Å². The molecule has 2 rings (SSSR count). The number of nitrogens with one attached hydrogen (secondary N) is 1. The lowest BCUT2D eigenvalue weighted by Crippen LogP contribution is -2.17. The second-order valence-electron chi connectivity index (χ2n) is 3.67. The number of nitrogens with zero attached hydrogens (tertiary/aromatic N) is 1. The van der Waals surface area contributed by atoms with Crippen LogP contribution >= 0.6 is 22.9 Å². The molecule has 3 nitrogen and oxygen atoms in total. The van der Waals surface area contributed by atoms with Crippen molar-refractivity contribution in [1.29, 1.82) is 0 Å². The molecule has 0 bridgehead atoms. The molecule has 1 N–H and O–H groups in total. The maximum Gasteiger partial charge on any atom is 0.271 e. The lowest BCUT2D eigenvalue weighted by atomic mass is 10.2. The van der Waals surface area contributed by atoms with Crippen molar-refractivity contribution < 1.29 is 4.79 Å². The van der Waals surface area contributed by atoms with Crippen molar-refractivity contribution in [2.24, 2.45) is 5.10 Å². The zero-order valence-electron chi connectivity index (χ0n) is 9.68. The molecule has 0 aliphatic rings. The van der Waals surface area contributed by atoms with E-state index in [1.165, 1.54) is 0 Å². The zero-order chi connectivity index (χ0) is 13.0. The number of amides is 1. The summed E-state index contributed by atoms with van der Waals surface area (Å²) in [6.07, 6.45) is 1.65. The Balaban J connectivity index is 1.98. The van der Waals surface area contributed by atoms with E-state index in [1.54, 1.807) is 41.8 Å². The fourth-order valence-electron chi connectivity index (χ4n) is 1.33. The molecule has 0 unspecified atom stereocenters. The molecule has 0 atom stereocenters. The van der Waals surface area contributed by atoms with Gasteiger partial charge in [0.1, 0.15) is 0 Å². The Kier molecular flexibility index (Phi) is 4.12. The third-order valence-corrected chi connectivity index (χ3v) is 3.56. The number of hydrogen-bond acceptors (Lipinski definition) is 3. The monoisotopic (exact) mass is 278 g/mol. The van der Waals surface area contributed by atoms with Crippen LogP contribution in [0.4, 0.5) is 0 Å². The van der Waals surface area contributed by atoms with Crippen LogP contribution < -0.4 is 5.43 Å². The average molecular weight is 279 g/mol. The van der Waals surface area contributed by atoms with E-state index in [0.717, 1.165) is 10.4 Å². The van der Waals surface area contributed by atoms with Crippen LogP contribution in [0.15, 0.2) is 40.8 Å². The topological polar surface area (TPSA) is 41.5 Å². The largest absolute Gasteiger partial charge is 0.271 e. The molecule has 0 saturated heterocycles. The highest BCUT2D eigenvalue weighted by atomic mass is 35.5. The van der Waals surface area contributed by atoms with Gasteiger partial charge < -0.3 is 0 Å². The minimum atomic E-state index is -0.253. The van der Waals surface area contributed by atoms with Gasteiger partial charge in [0.05, 0.1) is 6.21 Å². The maximum absolute atomic E-state index is 11.7. The summed E-state index contributed by atoms with van der Waals surface area (Å²) in [5.74, 6) is -0.253. The first-order valence-electron chi connectivity index (χ1n) is 5.30. The smallest absolute Gasteiger partial charge is 0.267 e. The number of halogens is 1. The van der Waals surface area contributed by atoms with Crippen molar-refractivity contribution in [1.82, 2.24) is 5.43 Å². The molecule has 1 aromatic heterocycles. The molecular formula is C13H11ClN2OS. The molecule has 2 aromatic rings. The number of rotatable bonds is 3. The zero-order valence-corrected chi connectivity index (χ0v) is 11.3. The SMILES string of the molecule is Cc1ccsc1C=NNC(=O)c1ccc(Cl)cc1. The standard InChI is InChI=1S/C13H11ClN2OS/c1-9-6-7-18-12(9)8-15-16-13(17)10-2-4-11(14)5-3-10/h2-8H,1H3,(H,16,17). The molecular weight excluding hydrogens is 268 g/mol. The van der Waals surface area contributed by atoms with Crippen LogP contribution in [0.5, 0.6) is 0 Å². The van der Waals surface area contributed by atoms with Crippen LogP contribution in [0.25, 0.3) is 0 Å². The van der Waals surface area contributed by atoms with Gasteiger partial charge in [0.25, 0.3) is 5.91 Å². The average Bonchev–Trinajstić information content (AvgIpc) is 2.76. The predicted molar refractivity (Wildman–Crippen MR) is 75.6 cm³/mol. The van der Waals surface area contributed by atoms with E-state index >= 15 is 0 Å². The van der Waals surface area contributed by atoms with Gasteiger partial charge in [-0.1, -0.05) is 11.6 Å². The van der Waals surface area contributed by atoms with E-state index in [2.05, 4.69) is 10.5 Å². The lowest BCUT2D eigenvalue weighted by molar-refractivity contribution is 0.0955. The molecule has 1 amide bonds. The molecule has 0 saturated carbocycles. The summed E-state index contributed by atoms with van der Waals surface area (Å²) in [7, 11) is 0. The Hall–Kier alpha value is -1.65. The summed E-state index contributed by atoms with van der Waals surface area (Å²) < 4.78 is 0. The molecule has 0 aliphatic carbocycles. The lowest BCUT2D eigenvalue weighted by Gasteiger charge is -1.99. The molecule has 0 aliphatic heterocycles. The van der Waals surface area contributed by atoms with Crippen LogP contribution in [0.3, 0.4) is 0 Å². The van der Waals surface area contributed by atoms with Crippen LogP contribution in [-0.4, -0.2) is 12.1 Å². The van der Waals surface area contributed by atoms with E-state index in [9.17, 15) is 4.79 Å². The Morgan fingerprint density at radius 1 is 1.33 bits per heavy atom. The van der Waals surface area contributed by atoms with Crippen LogP contribution in [0, 0.1) is 6.92 Å². The van der Waals surface area contributed by atoms with Crippen molar-refractivity contribution in [3.63, 3.8) is 0 Å². The summed E-state index contributed by atoms with van der Waals surface area (Å²) in [5.41, 5.74) is 4.15. The van der Waals surface area contributed by atoms with E-state index in [4.69, 9.17) is 11.6 Å². The number of hydrazone groups is 1. The first kappa shape index (κ1) is 12.8. The van der Waals surface area contributed by atoms with Gasteiger partial charge in [-0.3, -0.25) is 4.79 Å². The fourth-order valence-corrected chi connectivity index (χ4v) is 2.24. The van der Waals surface area contributed by atoms with E-state index in [1.807, 2.05) is 18.4 Å². The quantitative estimate of drug-likeness (QED) is 0.678. The highest BCUT2D eigenvalue weighted by Crippen LogP contribution is 2.12. The summed E-state index contributed by atoms with van der Waals surface area (Å²) >= 11 is 7.33. The number of hydrogen-bond donors (Lipinski definition) is 1. The van der Waals surface area contributed by atoms with Crippen molar-refractivity contribution in [2.45, 2.75) is 6.92 Å². The molecule has 0 spiro atoms. The second-order valence-corrected chi connectivity index (χ2v) is 5.06. The van der Waals surface area contributed by atoms with Crippen molar-refractivity contribution in [3.8, 4) is 0 Å². The maximum atomic E-state index is 11.7. The van der Waals surface area contributed by atoms with Crippen molar-refractivity contribution >= 4 is 35.1 Å². The van der Waals surface area contributed by atoms with Gasteiger partial charge in [-0.15, -0.1) is 11.3 Å². The van der Waals surface area contributed by atoms with Crippen molar-refractivity contribution in [2.75, 3.05) is 0 Å². The number of carbonyl (C=O) groups is 1. The molecule has 1 aromatic carbocycles. The molecule has 1 heterocycles. The third-order valence-electron chi connectivity index (χ3n) is 2.36. The van der Waals surface area contributed by atoms with E-state index < -0.39 is 0 Å². The van der Waals surface area contributed by atoms with Gasteiger partial charge in [-0.05, 0) is 48.2 Å². The van der Waals surface area contributed by atoms with E-state index in [-0.39, 0.29) is 5.91 Å². The summed E-state index contributed by atoms with van der Waals surface area (Å²) in [4.78, 5) is 12.7. The Morgan fingerprint density at radius 2 is 2.06 bits per heavy atom. The molecule has 0 radical (unpaired) electrons. The molecule has 5 heteroatoms. The Bertz CT molecular complexity index is 575. The first-order valence-corrected chi connectivity index (χ1v) is 6.55. The van der Waals surface area contributed by atoms with Gasteiger partial charge >= 0.3 is 0 Å². The summed E-state index contributed by atoms with van der Waals surface area (Å²) in [6, 6.07) is 8.66. The number of benzene rings is 1. The first-order chi connectivity index (χ1) is 8.66. The van der Waals surface area contributed by atoms with Gasteiger partial charge in [0, 0.05) is 15.5 Å². The minimum absolute atomic E-state index is 0.253. The molecule has 0 fully saturated rings. The number of thiophene rings is 1. The van der Waals surface area contributed by atoms with Gasteiger partial charge in [-0.25, -0.2) is 5.43 Å². The Morgan fingerprint density at radius 3 is 2.67 bits per heavy atom. The van der Waals surface area contributed by atoms with Crippen LogP contribution in [0.1, 0.15) is 20.8 Å². The highest BCUT2D eigenvalue weighted by molar-refractivity contribution is 7.11.